The van der Waals surface area contributed by atoms with Crippen LogP contribution in [0.1, 0.15) is 28.4 Å². The van der Waals surface area contributed by atoms with Crippen molar-refractivity contribution in [1.82, 2.24) is 24.2 Å². The van der Waals surface area contributed by atoms with Crippen LogP contribution >= 0.6 is 0 Å². The maximum absolute atomic E-state index is 13.6. The molecule has 0 bridgehead atoms. The zero-order valence-corrected chi connectivity index (χ0v) is 21.9. The molecule has 0 aliphatic carbocycles. The van der Waals surface area contributed by atoms with E-state index in [4.69, 9.17) is 6.42 Å². The molecule has 0 amide bonds. The first-order chi connectivity index (χ1) is 18.8. The Morgan fingerprint density at radius 1 is 0.846 bits per heavy atom. The van der Waals surface area contributed by atoms with Gasteiger partial charge in [-0.1, -0.05) is 35.4 Å². The number of benzene rings is 3. The van der Waals surface area contributed by atoms with Crippen molar-refractivity contribution in [2.75, 3.05) is 32.7 Å². The topological polar surface area (TPSA) is 71.3 Å². The van der Waals surface area contributed by atoms with Crippen LogP contribution in [-0.4, -0.2) is 65.3 Å². The lowest BCUT2D eigenvalue weighted by molar-refractivity contribution is 0.110. The molecule has 39 heavy (non-hydrogen) atoms. The van der Waals surface area contributed by atoms with Gasteiger partial charge in [-0.25, -0.2) is 8.78 Å². The largest absolute Gasteiger partial charge is 0.300 e. The van der Waals surface area contributed by atoms with Crippen LogP contribution in [0.2, 0.25) is 0 Å². The Hall–Kier alpha value is -3.91. The molecular formula is C29H27F2N5O2S. The molecule has 1 aliphatic rings. The SMILES string of the molecule is C#Cc1ccc(S(=O)(=O)n2cc(CCN3CCN(C(c4ccc(F)cc4)c4ccc(F)cc4)CC3)nn2)cc1. The molecule has 3 aromatic carbocycles. The summed E-state index contributed by atoms with van der Waals surface area (Å²) in [5.41, 5.74) is 3.07. The van der Waals surface area contributed by atoms with Crippen molar-refractivity contribution in [3.8, 4) is 12.3 Å². The van der Waals surface area contributed by atoms with Gasteiger partial charge >= 0.3 is 0 Å². The summed E-state index contributed by atoms with van der Waals surface area (Å²) in [7, 11) is -3.85. The minimum absolute atomic E-state index is 0.0888. The van der Waals surface area contributed by atoms with E-state index in [1.54, 1.807) is 36.4 Å². The highest BCUT2D eigenvalue weighted by Crippen LogP contribution is 2.30. The predicted octanol–water partition coefficient (Wildman–Crippen LogP) is 3.72. The van der Waals surface area contributed by atoms with Crippen LogP contribution in [0.25, 0.3) is 0 Å². The summed E-state index contributed by atoms with van der Waals surface area (Å²) < 4.78 is 53.8. The van der Waals surface area contributed by atoms with Gasteiger partial charge in [-0.05, 0) is 59.7 Å². The lowest BCUT2D eigenvalue weighted by Crippen LogP contribution is -2.48. The summed E-state index contributed by atoms with van der Waals surface area (Å²) in [5, 5.41) is 7.91. The van der Waals surface area contributed by atoms with Crippen molar-refractivity contribution in [2.45, 2.75) is 17.4 Å². The normalized spacial score (nSPS) is 14.9. The fraction of sp³-hybridized carbons (Fsp3) is 0.241. The van der Waals surface area contributed by atoms with Gasteiger partial charge in [0.2, 0.25) is 0 Å². The highest BCUT2D eigenvalue weighted by atomic mass is 32.2. The molecule has 5 rings (SSSR count). The first kappa shape index (κ1) is 26.7. The van der Waals surface area contributed by atoms with E-state index in [0.717, 1.165) is 41.4 Å². The molecule has 200 valence electrons. The van der Waals surface area contributed by atoms with Crippen LogP contribution in [0.5, 0.6) is 0 Å². The first-order valence-corrected chi connectivity index (χ1v) is 14.0. The van der Waals surface area contributed by atoms with E-state index in [2.05, 4.69) is 26.0 Å². The molecular weight excluding hydrogens is 520 g/mol. The molecule has 2 heterocycles. The first-order valence-electron chi connectivity index (χ1n) is 12.5. The van der Waals surface area contributed by atoms with Crippen molar-refractivity contribution in [3.63, 3.8) is 0 Å². The van der Waals surface area contributed by atoms with E-state index < -0.39 is 10.0 Å². The minimum atomic E-state index is -3.85. The van der Waals surface area contributed by atoms with Gasteiger partial charge in [-0.2, -0.15) is 8.42 Å². The minimum Gasteiger partial charge on any atom is -0.300 e. The molecule has 4 aromatic rings. The van der Waals surface area contributed by atoms with Crippen LogP contribution in [0.15, 0.2) is 83.9 Å². The average Bonchev–Trinajstić information content (AvgIpc) is 3.45. The lowest BCUT2D eigenvalue weighted by atomic mass is 9.96. The van der Waals surface area contributed by atoms with E-state index >= 15 is 0 Å². The van der Waals surface area contributed by atoms with E-state index in [-0.39, 0.29) is 22.6 Å². The van der Waals surface area contributed by atoms with E-state index in [0.29, 0.717) is 24.2 Å². The zero-order valence-electron chi connectivity index (χ0n) is 21.1. The van der Waals surface area contributed by atoms with Gasteiger partial charge in [0.25, 0.3) is 10.0 Å². The number of hydrogen-bond acceptors (Lipinski definition) is 6. The number of piperazine rings is 1. The van der Waals surface area contributed by atoms with Crippen molar-refractivity contribution in [2.24, 2.45) is 0 Å². The maximum atomic E-state index is 13.6. The Morgan fingerprint density at radius 2 is 1.41 bits per heavy atom. The van der Waals surface area contributed by atoms with E-state index in [1.165, 1.54) is 42.6 Å². The average molecular weight is 548 g/mol. The van der Waals surface area contributed by atoms with Gasteiger partial charge in [0, 0.05) is 44.7 Å². The van der Waals surface area contributed by atoms with Gasteiger partial charge in [-0.15, -0.1) is 15.6 Å². The molecule has 0 spiro atoms. The highest BCUT2D eigenvalue weighted by Gasteiger charge is 2.27. The Bertz CT molecular complexity index is 1510. The zero-order chi connectivity index (χ0) is 27.4. The summed E-state index contributed by atoms with van der Waals surface area (Å²) >= 11 is 0. The third-order valence-corrected chi connectivity index (χ3v) is 8.45. The molecule has 0 atom stereocenters. The van der Waals surface area contributed by atoms with Crippen LogP contribution < -0.4 is 0 Å². The Morgan fingerprint density at radius 3 is 1.95 bits per heavy atom. The molecule has 0 saturated carbocycles. The van der Waals surface area contributed by atoms with Crippen LogP contribution in [0.3, 0.4) is 0 Å². The van der Waals surface area contributed by atoms with Crippen molar-refractivity contribution < 1.29 is 17.2 Å². The van der Waals surface area contributed by atoms with Crippen molar-refractivity contribution in [1.29, 1.82) is 0 Å². The number of terminal acetylenes is 1. The molecule has 0 radical (unpaired) electrons. The van der Waals surface area contributed by atoms with Gasteiger partial charge in [0.15, 0.2) is 0 Å². The monoisotopic (exact) mass is 547 g/mol. The molecule has 0 unspecified atom stereocenters. The third kappa shape index (κ3) is 6.06. The van der Waals surface area contributed by atoms with Crippen molar-refractivity contribution >= 4 is 10.0 Å². The number of nitrogens with zero attached hydrogens (tertiary/aromatic N) is 5. The molecule has 0 N–H and O–H groups in total. The highest BCUT2D eigenvalue weighted by molar-refractivity contribution is 7.89. The summed E-state index contributed by atoms with van der Waals surface area (Å²) in [6.07, 6.45) is 7.34. The summed E-state index contributed by atoms with van der Waals surface area (Å²) in [6, 6.07) is 18.8. The van der Waals surface area contributed by atoms with E-state index in [1.807, 2.05) is 0 Å². The maximum Gasteiger partial charge on any atom is 0.284 e. The molecule has 1 fully saturated rings. The van der Waals surface area contributed by atoms with E-state index in [9.17, 15) is 17.2 Å². The standard InChI is InChI=1S/C29H27F2N5O2S/c1-2-22-3-13-28(14-4-22)39(37,38)36-21-27(32-33-36)15-16-34-17-19-35(20-18-34)29(23-5-9-25(30)10-6-23)24-7-11-26(31)12-8-24/h1,3-14,21,29H,15-20H2. The summed E-state index contributed by atoms with van der Waals surface area (Å²) in [5.74, 6) is 1.87. The predicted molar refractivity (Wildman–Crippen MR) is 143 cm³/mol. The third-order valence-electron chi connectivity index (χ3n) is 6.91. The van der Waals surface area contributed by atoms with Gasteiger partial charge in [-0.3, -0.25) is 4.90 Å². The molecule has 7 nitrogen and oxygen atoms in total. The Balaban J connectivity index is 1.21. The fourth-order valence-electron chi connectivity index (χ4n) is 4.77. The molecule has 1 aliphatic heterocycles. The summed E-state index contributed by atoms with van der Waals surface area (Å²) in [4.78, 5) is 4.69. The lowest BCUT2D eigenvalue weighted by Gasteiger charge is -2.39. The van der Waals surface area contributed by atoms with Crippen LogP contribution in [0, 0.1) is 24.0 Å². The second-order valence-corrected chi connectivity index (χ2v) is 11.2. The smallest absolute Gasteiger partial charge is 0.284 e. The fourth-order valence-corrected chi connectivity index (χ4v) is 5.85. The second-order valence-electron chi connectivity index (χ2n) is 9.39. The molecule has 10 heteroatoms. The van der Waals surface area contributed by atoms with Gasteiger partial charge in [0.1, 0.15) is 11.6 Å². The molecule has 1 aromatic heterocycles. The number of aromatic nitrogens is 3. The quantitative estimate of drug-likeness (QED) is 0.313. The Labute approximate surface area is 226 Å². The number of halogens is 2. The number of hydrogen-bond donors (Lipinski definition) is 0. The van der Waals surface area contributed by atoms with Gasteiger partial charge < -0.3 is 4.90 Å². The summed E-state index contributed by atoms with van der Waals surface area (Å²) in [6.45, 7) is 3.78. The molecule has 1 saturated heterocycles. The van der Waals surface area contributed by atoms with Crippen LogP contribution in [-0.2, 0) is 16.4 Å². The van der Waals surface area contributed by atoms with Crippen molar-refractivity contribution in [3.05, 3.63) is 113 Å². The van der Waals surface area contributed by atoms with Gasteiger partial charge in [0.05, 0.1) is 22.8 Å². The Kier molecular flexibility index (Phi) is 7.84. The number of rotatable bonds is 8. The second kappa shape index (κ2) is 11.5. The van der Waals surface area contributed by atoms with Crippen LogP contribution in [0.4, 0.5) is 8.78 Å².